The van der Waals surface area contributed by atoms with Crippen LogP contribution < -0.4 is 10.6 Å². The lowest BCUT2D eigenvalue weighted by molar-refractivity contribution is 0.0857. The highest BCUT2D eigenvalue weighted by Crippen LogP contribution is 2.14. The van der Waals surface area contributed by atoms with E-state index in [1.165, 1.54) is 0 Å². The third kappa shape index (κ3) is 4.70. The van der Waals surface area contributed by atoms with Gasteiger partial charge in [-0.25, -0.2) is 0 Å². The van der Waals surface area contributed by atoms with Crippen LogP contribution in [0.25, 0.3) is 0 Å². The molecule has 2 amide bonds. The average Bonchev–Trinajstić information content (AvgIpc) is 3.20. The molecule has 0 bridgehead atoms. The van der Waals surface area contributed by atoms with Gasteiger partial charge in [0.1, 0.15) is 0 Å². The van der Waals surface area contributed by atoms with E-state index in [1.807, 2.05) is 37.3 Å². The van der Waals surface area contributed by atoms with Gasteiger partial charge in [0.15, 0.2) is 0 Å². The van der Waals surface area contributed by atoms with Gasteiger partial charge in [-0.3, -0.25) is 9.59 Å². The van der Waals surface area contributed by atoms with Crippen molar-refractivity contribution in [3.8, 4) is 0 Å². The maximum atomic E-state index is 12.5. The number of ether oxygens (including phenoxy) is 1. The van der Waals surface area contributed by atoms with E-state index >= 15 is 0 Å². The number of rotatable bonds is 6. The van der Waals surface area contributed by atoms with Crippen LogP contribution in [-0.2, 0) is 4.74 Å². The highest BCUT2D eigenvalue weighted by Gasteiger charge is 2.17. The Morgan fingerprint density at radius 1 is 1.08 bits per heavy atom. The number of carbonyl (C=O) groups excluding carboxylic acids is 2. The molecule has 2 aromatic carbocycles. The number of hydrogen-bond acceptors (Lipinski definition) is 3. The maximum absolute atomic E-state index is 12.5. The molecule has 5 heteroatoms. The van der Waals surface area contributed by atoms with E-state index in [0.717, 1.165) is 25.0 Å². The summed E-state index contributed by atoms with van der Waals surface area (Å²) >= 11 is 0. The minimum Gasteiger partial charge on any atom is -0.376 e. The Kier molecular flexibility index (Phi) is 6.02. The molecule has 5 nitrogen and oxygen atoms in total. The number of amides is 2. The summed E-state index contributed by atoms with van der Waals surface area (Å²) in [6, 6.07) is 16.4. The van der Waals surface area contributed by atoms with E-state index in [2.05, 4.69) is 10.6 Å². The molecule has 2 atom stereocenters. The molecule has 3 rings (SSSR count). The molecule has 0 radical (unpaired) electrons. The Morgan fingerprint density at radius 3 is 2.50 bits per heavy atom. The molecule has 2 N–H and O–H groups in total. The number of nitrogens with one attached hydrogen (secondary N) is 2. The largest absolute Gasteiger partial charge is 0.376 e. The Hall–Kier alpha value is -2.66. The first-order chi connectivity index (χ1) is 12.6. The van der Waals surface area contributed by atoms with E-state index in [1.54, 1.807) is 24.3 Å². The summed E-state index contributed by atoms with van der Waals surface area (Å²) in [7, 11) is 0. The van der Waals surface area contributed by atoms with Gasteiger partial charge in [-0.2, -0.15) is 0 Å². The standard InChI is InChI=1S/C21H24N2O3/c1-15(16-7-3-2-4-8-16)23-21(25)18-10-5-9-17(13-18)20(24)22-14-19-11-6-12-26-19/h2-5,7-10,13,15,19H,6,11-12,14H2,1H3,(H,22,24)(H,23,25). The van der Waals surface area contributed by atoms with E-state index in [4.69, 9.17) is 4.74 Å². The molecule has 2 aromatic rings. The van der Waals surface area contributed by atoms with Crippen molar-refractivity contribution in [1.29, 1.82) is 0 Å². The van der Waals surface area contributed by atoms with Crippen LogP contribution in [0.5, 0.6) is 0 Å². The number of hydrogen-bond donors (Lipinski definition) is 2. The SMILES string of the molecule is CC(NC(=O)c1cccc(C(=O)NCC2CCCO2)c1)c1ccccc1. The van der Waals surface area contributed by atoms with Gasteiger partial charge in [-0.15, -0.1) is 0 Å². The predicted molar refractivity (Wildman–Crippen MR) is 100 cm³/mol. The molecule has 26 heavy (non-hydrogen) atoms. The summed E-state index contributed by atoms with van der Waals surface area (Å²) < 4.78 is 5.51. The summed E-state index contributed by atoms with van der Waals surface area (Å²) in [5.74, 6) is -0.388. The zero-order valence-corrected chi connectivity index (χ0v) is 14.9. The molecular weight excluding hydrogens is 328 g/mol. The van der Waals surface area contributed by atoms with E-state index in [-0.39, 0.29) is 24.0 Å². The molecule has 136 valence electrons. The van der Waals surface area contributed by atoms with Crippen LogP contribution in [0.15, 0.2) is 54.6 Å². The van der Waals surface area contributed by atoms with Crippen LogP contribution in [0.1, 0.15) is 52.1 Å². The highest BCUT2D eigenvalue weighted by molar-refractivity contribution is 5.99. The van der Waals surface area contributed by atoms with Crippen LogP contribution in [-0.4, -0.2) is 31.1 Å². The number of carbonyl (C=O) groups is 2. The summed E-state index contributed by atoms with van der Waals surface area (Å²) in [5, 5.41) is 5.84. The van der Waals surface area contributed by atoms with Crippen molar-refractivity contribution in [3.63, 3.8) is 0 Å². The van der Waals surface area contributed by atoms with Crippen LogP contribution in [0.2, 0.25) is 0 Å². The Morgan fingerprint density at radius 2 is 1.81 bits per heavy atom. The fourth-order valence-corrected chi connectivity index (χ4v) is 3.02. The van der Waals surface area contributed by atoms with Gasteiger partial charge in [-0.05, 0) is 43.5 Å². The van der Waals surface area contributed by atoms with Crippen LogP contribution >= 0.6 is 0 Å². The third-order valence-corrected chi connectivity index (χ3v) is 4.55. The van der Waals surface area contributed by atoms with Crippen LogP contribution in [0, 0.1) is 0 Å². The third-order valence-electron chi connectivity index (χ3n) is 4.55. The lowest BCUT2D eigenvalue weighted by Crippen LogP contribution is -2.32. The van der Waals surface area contributed by atoms with Crippen molar-refractivity contribution in [2.24, 2.45) is 0 Å². The second-order valence-corrected chi connectivity index (χ2v) is 6.53. The molecule has 0 spiro atoms. The first kappa shape index (κ1) is 18.1. The maximum Gasteiger partial charge on any atom is 0.251 e. The first-order valence-corrected chi connectivity index (χ1v) is 8.99. The lowest BCUT2D eigenvalue weighted by atomic mass is 10.1. The Labute approximate surface area is 153 Å². The Balaban J connectivity index is 1.60. The first-order valence-electron chi connectivity index (χ1n) is 8.99. The summed E-state index contributed by atoms with van der Waals surface area (Å²) in [4.78, 5) is 24.8. The topological polar surface area (TPSA) is 67.4 Å². The van der Waals surface area contributed by atoms with Gasteiger partial charge in [0.2, 0.25) is 0 Å². The van der Waals surface area contributed by atoms with E-state index in [9.17, 15) is 9.59 Å². The Bertz CT molecular complexity index is 755. The van der Waals surface area contributed by atoms with Crippen molar-refractivity contribution >= 4 is 11.8 Å². The molecule has 2 unspecified atom stereocenters. The molecule has 1 fully saturated rings. The fourth-order valence-electron chi connectivity index (χ4n) is 3.02. The average molecular weight is 352 g/mol. The summed E-state index contributed by atoms with van der Waals surface area (Å²) in [5.41, 5.74) is 1.98. The zero-order valence-electron chi connectivity index (χ0n) is 14.9. The second kappa shape index (κ2) is 8.63. The predicted octanol–water partition coefficient (Wildman–Crippen LogP) is 3.09. The molecule has 1 heterocycles. The smallest absolute Gasteiger partial charge is 0.251 e. The molecule has 0 saturated carbocycles. The van der Waals surface area contributed by atoms with Crippen molar-refractivity contribution in [2.45, 2.75) is 31.9 Å². The minimum atomic E-state index is -0.199. The summed E-state index contributed by atoms with van der Waals surface area (Å²) in [6.07, 6.45) is 2.10. The van der Waals surface area contributed by atoms with Crippen LogP contribution in [0.3, 0.4) is 0 Å². The number of benzene rings is 2. The van der Waals surface area contributed by atoms with Gasteiger partial charge in [0.25, 0.3) is 11.8 Å². The van der Waals surface area contributed by atoms with Gasteiger partial charge in [0, 0.05) is 24.3 Å². The lowest BCUT2D eigenvalue weighted by Gasteiger charge is -2.15. The van der Waals surface area contributed by atoms with E-state index < -0.39 is 0 Å². The second-order valence-electron chi connectivity index (χ2n) is 6.53. The fraction of sp³-hybridized carbons (Fsp3) is 0.333. The van der Waals surface area contributed by atoms with Crippen LogP contribution in [0.4, 0.5) is 0 Å². The molecule has 1 aliphatic heterocycles. The van der Waals surface area contributed by atoms with Gasteiger partial charge >= 0.3 is 0 Å². The molecular formula is C21H24N2O3. The minimum absolute atomic E-state index is 0.0946. The molecule has 1 aliphatic rings. The highest BCUT2D eigenvalue weighted by atomic mass is 16.5. The van der Waals surface area contributed by atoms with Crippen molar-refractivity contribution in [1.82, 2.24) is 10.6 Å². The van der Waals surface area contributed by atoms with Crippen molar-refractivity contribution in [3.05, 3.63) is 71.3 Å². The van der Waals surface area contributed by atoms with Crippen molar-refractivity contribution in [2.75, 3.05) is 13.2 Å². The quantitative estimate of drug-likeness (QED) is 0.839. The van der Waals surface area contributed by atoms with Gasteiger partial charge < -0.3 is 15.4 Å². The molecule has 0 aliphatic carbocycles. The molecule has 1 saturated heterocycles. The van der Waals surface area contributed by atoms with E-state index in [0.29, 0.717) is 17.7 Å². The monoisotopic (exact) mass is 352 g/mol. The zero-order chi connectivity index (χ0) is 18.4. The van der Waals surface area contributed by atoms with Gasteiger partial charge in [-0.1, -0.05) is 36.4 Å². The van der Waals surface area contributed by atoms with Crippen molar-refractivity contribution < 1.29 is 14.3 Å². The molecule has 0 aromatic heterocycles. The summed E-state index contributed by atoms with van der Waals surface area (Å²) in [6.45, 7) is 3.20. The van der Waals surface area contributed by atoms with Gasteiger partial charge in [0.05, 0.1) is 12.1 Å². The normalized spacial score (nSPS) is 17.5.